The molecular weight excluding hydrogens is 210 g/mol. The molecule has 0 aromatic heterocycles. The Kier molecular flexibility index (Phi) is 5.46. The normalized spacial score (nSPS) is 29.3. The van der Waals surface area contributed by atoms with E-state index in [9.17, 15) is 0 Å². The van der Waals surface area contributed by atoms with Crippen molar-refractivity contribution in [3.05, 3.63) is 0 Å². The van der Waals surface area contributed by atoms with Crippen molar-refractivity contribution in [3.8, 4) is 0 Å². The first kappa shape index (κ1) is 15.0. The lowest BCUT2D eigenvalue weighted by molar-refractivity contribution is -0.0288. The minimum Gasteiger partial charge on any atom is -0.376 e. The van der Waals surface area contributed by atoms with Crippen LogP contribution < -0.4 is 0 Å². The standard InChI is InChI=1S/C15H31NO/c1-12-7-8-14(3)16(9-12)10-13(2)11-17-15(4,5)6/h12-14H,7-11H2,1-6H3/t12-,13+,14+/m0/s1. The first-order chi connectivity index (χ1) is 7.78. The van der Waals surface area contributed by atoms with Crippen molar-refractivity contribution in [1.82, 2.24) is 4.90 Å². The molecule has 2 heteroatoms. The first-order valence-corrected chi connectivity index (χ1v) is 7.16. The van der Waals surface area contributed by atoms with E-state index in [1.54, 1.807) is 0 Å². The van der Waals surface area contributed by atoms with E-state index in [0.717, 1.165) is 18.6 Å². The van der Waals surface area contributed by atoms with Crippen LogP contribution in [0.4, 0.5) is 0 Å². The lowest BCUT2D eigenvalue weighted by Gasteiger charge is -2.38. The van der Waals surface area contributed by atoms with Crippen molar-refractivity contribution < 1.29 is 4.74 Å². The molecule has 0 N–H and O–H groups in total. The van der Waals surface area contributed by atoms with E-state index < -0.39 is 0 Å². The van der Waals surface area contributed by atoms with Gasteiger partial charge in [0.2, 0.25) is 0 Å². The minimum atomic E-state index is -0.00489. The van der Waals surface area contributed by atoms with Crippen LogP contribution in [0.15, 0.2) is 0 Å². The summed E-state index contributed by atoms with van der Waals surface area (Å²) in [5, 5.41) is 0. The summed E-state index contributed by atoms with van der Waals surface area (Å²) in [5.41, 5.74) is -0.00489. The second kappa shape index (κ2) is 6.19. The van der Waals surface area contributed by atoms with Crippen LogP contribution in [0.1, 0.15) is 54.4 Å². The van der Waals surface area contributed by atoms with Gasteiger partial charge in [-0.15, -0.1) is 0 Å². The fourth-order valence-electron chi connectivity index (χ4n) is 2.48. The van der Waals surface area contributed by atoms with Crippen LogP contribution in [0.25, 0.3) is 0 Å². The average molecular weight is 241 g/mol. The zero-order chi connectivity index (χ0) is 13.1. The topological polar surface area (TPSA) is 12.5 Å². The van der Waals surface area contributed by atoms with Crippen molar-refractivity contribution in [2.75, 3.05) is 19.7 Å². The first-order valence-electron chi connectivity index (χ1n) is 7.16. The van der Waals surface area contributed by atoms with Crippen LogP contribution >= 0.6 is 0 Å². The van der Waals surface area contributed by atoms with E-state index >= 15 is 0 Å². The van der Waals surface area contributed by atoms with Gasteiger partial charge in [0.25, 0.3) is 0 Å². The molecule has 0 aliphatic carbocycles. The number of ether oxygens (including phenoxy) is 1. The van der Waals surface area contributed by atoms with Gasteiger partial charge in [-0.05, 0) is 52.4 Å². The molecule has 0 aromatic carbocycles. The number of likely N-dealkylation sites (tertiary alicyclic amines) is 1. The number of rotatable bonds is 4. The Balaban J connectivity index is 2.31. The third-order valence-corrected chi connectivity index (χ3v) is 3.59. The molecule has 1 aliphatic rings. The van der Waals surface area contributed by atoms with Gasteiger partial charge in [-0.1, -0.05) is 13.8 Å². The van der Waals surface area contributed by atoms with Crippen LogP contribution in [-0.4, -0.2) is 36.2 Å². The Hall–Kier alpha value is -0.0800. The minimum absolute atomic E-state index is 0.00489. The highest BCUT2D eigenvalue weighted by atomic mass is 16.5. The summed E-state index contributed by atoms with van der Waals surface area (Å²) in [5.74, 6) is 1.49. The number of piperidine rings is 1. The predicted molar refractivity (Wildman–Crippen MR) is 74.3 cm³/mol. The molecule has 17 heavy (non-hydrogen) atoms. The molecule has 1 saturated heterocycles. The lowest BCUT2D eigenvalue weighted by atomic mass is 9.94. The molecule has 0 radical (unpaired) electrons. The van der Waals surface area contributed by atoms with Crippen molar-refractivity contribution in [3.63, 3.8) is 0 Å². The zero-order valence-corrected chi connectivity index (χ0v) is 12.6. The van der Waals surface area contributed by atoms with Crippen molar-refractivity contribution in [2.24, 2.45) is 11.8 Å². The van der Waals surface area contributed by atoms with Crippen molar-refractivity contribution in [1.29, 1.82) is 0 Å². The molecule has 2 nitrogen and oxygen atoms in total. The Bertz CT molecular complexity index is 221. The highest BCUT2D eigenvalue weighted by Gasteiger charge is 2.24. The van der Waals surface area contributed by atoms with Crippen molar-refractivity contribution >= 4 is 0 Å². The quantitative estimate of drug-likeness (QED) is 0.746. The van der Waals surface area contributed by atoms with Crippen molar-refractivity contribution in [2.45, 2.75) is 66.0 Å². The second-order valence-corrected chi connectivity index (χ2v) is 7.01. The molecule has 0 bridgehead atoms. The van der Waals surface area contributed by atoms with E-state index in [2.05, 4.69) is 46.4 Å². The van der Waals surface area contributed by atoms with E-state index in [-0.39, 0.29) is 5.60 Å². The third-order valence-electron chi connectivity index (χ3n) is 3.59. The molecule has 1 fully saturated rings. The van der Waals surface area contributed by atoms with Gasteiger partial charge in [-0.3, -0.25) is 0 Å². The summed E-state index contributed by atoms with van der Waals surface area (Å²) in [4.78, 5) is 2.64. The Morgan fingerprint density at radius 1 is 1.24 bits per heavy atom. The van der Waals surface area contributed by atoms with E-state index in [0.29, 0.717) is 5.92 Å². The Morgan fingerprint density at radius 3 is 2.47 bits per heavy atom. The molecule has 0 amide bonds. The summed E-state index contributed by atoms with van der Waals surface area (Å²) in [6.45, 7) is 16.8. The van der Waals surface area contributed by atoms with Crippen LogP contribution in [-0.2, 0) is 4.74 Å². The van der Waals surface area contributed by atoms with Crippen LogP contribution in [0.2, 0.25) is 0 Å². The van der Waals surface area contributed by atoms with Gasteiger partial charge in [0.15, 0.2) is 0 Å². The van der Waals surface area contributed by atoms with E-state index in [1.807, 2.05) is 0 Å². The molecule has 0 spiro atoms. The van der Waals surface area contributed by atoms with Gasteiger partial charge >= 0.3 is 0 Å². The van der Waals surface area contributed by atoms with Gasteiger partial charge in [-0.2, -0.15) is 0 Å². The molecule has 102 valence electrons. The molecule has 1 heterocycles. The number of hydrogen-bond acceptors (Lipinski definition) is 2. The lowest BCUT2D eigenvalue weighted by Crippen LogP contribution is -2.44. The van der Waals surface area contributed by atoms with Crippen LogP contribution in [0.5, 0.6) is 0 Å². The smallest absolute Gasteiger partial charge is 0.0598 e. The molecular formula is C15H31NO. The molecule has 0 saturated carbocycles. The van der Waals surface area contributed by atoms with Gasteiger partial charge < -0.3 is 9.64 Å². The molecule has 1 aliphatic heterocycles. The molecule has 1 rings (SSSR count). The maximum absolute atomic E-state index is 5.87. The fraction of sp³-hybridized carbons (Fsp3) is 1.00. The van der Waals surface area contributed by atoms with E-state index in [4.69, 9.17) is 4.74 Å². The second-order valence-electron chi connectivity index (χ2n) is 7.01. The summed E-state index contributed by atoms with van der Waals surface area (Å²) in [6, 6.07) is 0.753. The largest absolute Gasteiger partial charge is 0.376 e. The van der Waals surface area contributed by atoms with Gasteiger partial charge in [0, 0.05) is 19.1 Å². The summed E-state index contributed by atoms with van der Waals surface area (Å²) >= 11 is 0. The molecule has 3 atom stereocenters. The molecule has 0 aromatic rings. The zero-order valence-electron chi connectivity index (χ0n) is 12.6. The maximum atomic E-state index is 5.87. The highest BCUT2D eigenvalue weighted by molar-refractivity contribution is 4.78. The summed E-state index contributed by atoms with van der Waals surface area (Å²) in [7, 11) is 0. The fourth-order valence-corrected chi connectivity index (χ4v) is 2.48. The van der Waals surface area contributed by atoms with Gasteiger partial charge in [0.05, 0.1) is 12.2 Å². The monoisotopic (exact) mass is 241 g/mol. The molecule has 0 unspecified atom stereocenters. The summed E-state index contributed by atoms with van der Waals surface area (Å²) in [6.07, 6.45) is 2.75. The van der Waals surface area contributed by atoms with E-state index in [1.165, 1.54) is 25.9 Å². The Morgan fingerprint density at radius 2 is 1.88 bits per heavy atom. The van der Waals surface area contributed by atoms with Crippen LogP contribution in [0.3, 0.4) is 0 Å². The Labute approximate surface area is 108 Å². The average Bonchev–Trinajstić information content (AvgIpc) is 2.20. The summed E-state index contributed by atoms with van der Waals surface area (Å²) < 4.78 is 5.87. The SMILES string of the molecule is C[C@H]1CC[C@@H](C)N(C[C@@H](C)COC(C)(C)C)C1. The third kappa shape index (κ3) is 5.87. The van der Waals surface area contributed by atoms with Gasteiger partial charge in [-0.25, -0.2) is 0 Å². The van der Waals surface area contributed by atoms with Gasteiger partial charge in [0.1, 0.15) is 0 Å². The number of hydrogen-bond donors (Lipinski definition) is 0. The van der Waals surface area contributed by atoms with Crippen LogP contribution in [0, 0.1) is 11.8 Å². The predicted octanol–water partition coefficient (Wildman–Crippen LogP) is 3.56. The highest BCUT2D eigenvalue weighted by Crippen LogP contribution is 2.22. The maximum Gasteiger partial charge on any atom is 0.0598 e. The number of nitrogens with zero attached hydrogens (tertiary/aromatic N) is 1.